The highest BCUT2D eigenvalue weighted by atomic mass is 32.2. The summed E-state index contributed by atoms with van der Waals surface area (Å²) in [5.74, 6) is -1.71. The van der Waals surface area contributed by atoms with Crippen molar-refractivity contribution in [1.82, 2.24) is 5.01 Å². The van der Waals surface area contributed by atoms with E-state index in [1.54, 1.807) is 23.2 Å². The third-order valence-corrected chi connectivity index (χ3v) is 6.19. The zero-order valence-corrected chi connectivity index (χ0v) is 16.3. The molecule has 6 nitrogen and oxygen atoms in total. The van der Waals surface area contributed by atoms with Crippen LogP contribution in [0, 0.1) is 0 Å². The van der Waals surface area contributed by atoms with Crippen molar-refractivity contribution in [3.05, 3.63) is 35.9 Å². The van der Waals surface area contributed by atoms with Gasteiger partial charge in [-0.3, -0.25) is 0 Å². The molecule has 150 valence electrons. The van der Waals surface area contributed by atoms with Crippen LogP contribution in [0.2, 0.25) is 0 Å². The monoisotopic (exact) mass is 409 g/mol. The van der Waals surface area contributed by atoms with Crippen LogP contribution in [0.3, 0.4) is 0 Å². The van der Waals surface area contributed by atoms with Gasteiger partial charge in [0.25, 0.3) is 10.0 Å². The Morgan fingerprint density at radius 2 is 1.86 bits per heavy atom. The van der Waals surface area contributed by atoms with Crippen molar-refractivity contribution >= 4 is 27.1 Å². The van der Waals surface area contributed by atoms with Gasteiger partial charge >= 0.3 is 0 Å². The number of rotatable bonds is 3. The highest BCUT2D eigenvalue weighted by Gasteiger charge is 2.35. The number of ether oxygens (including phenoxy) is 1. The van der Waals surface area contributed by atoms with Crippen LogP contribution in [0.25, 0.3) is 5.57 Å². The first-order valence-corrected chi connectivity index (χ1v) is 10.8. The summed E-state index contributed by atoms with van der Waals surface area (Å²) in [4.78, 5) is 0. The number of allylic oxidation sites excluding steroid dienone is 1. The molecule has 28 heavy (non-hydrogen) atoms. The third kappa shape index (κ3) is 4.09. The minimum atomic E-state index is -3.50. The van der Waals surface area contributed by atoms with E-state index in [1.165, 1.54) is 0 Å². The van der Waals surface area contributed by atoms with E-state index in [1.807, 2.05) is 19.1 Å². The Kier molecular flexibility index (Phi) is 4.73. The van der Waals surface area contributed by atoms with E-state index in [0.29, 0.717) is 30.0 Å². The summed E-state index contributed by atoms with van der Waals surface area (Å²) in [6.45, 7) is 2.11. The van der Waals surface area contributed by atoms with E-state index >= 15 is 0 Å². The van der Waals surface area contributed by atoms with Gasteiger partial charge in [-0.1, -0.05) is 12.1 Å². The second kappa shape index (κ2) is 6.95. The number of nitrogens with zero attached hydrogens (tertiary/aromatic N) is 3. The molecule has 0 spiro atoms. The van der Waals surface area contributed by atoms with Crippen LogP contribution in [0.4, 0.5) is 8.78 Å². The van der Waals surface area contributed by atoms with Gasteiger partial charge in [0.15, 0.2) is 5.84 Å². The maximum atomic E-state index is 13.3. The van der Waals surface area contributed by atoms with Gasteiger partial charge in [0.1, 0.15) is 5.75 Å². The first kappa shape index (κ1) is 19.0. The third-order valence-electron chi connectivity index (χ3n) is 5.04. The smallest absolute Gasteiger partial charge is 0.256 e. The molecule has 1 aliphatic carbocycles. The van der Waals surface area contributed by atoms with Crippen molar-refractivity contribution in [2.45, 2.75) is 44.6 Å². The fraction of sp³-hybridized carbons (Fsp3) is 0.474. The van der Waals surface area contributed by atoms with E-state index < -0.39 is 15.9 Å². The van der Waals surface area contributed by atoms with Gasteiger partial charge in [-0.2, -0.15) is 5.10 Å². The predicted molar refractivity (Wildman–Crippen MR) is 103 cm³/mol. The van der Waals surface area contributed by atoms with Crippen molar-refractivity contribution in [2.24, 2.45) is 9.50 Å². The second-order valence-electron chi connectivity index (χ2n) is 7.32. The van der Waals surface area contributed by atoms with Crippen molar-refractivity contribution < 1.29 is 21.9 Å². The van der Waals surface area contributed by atoms with Crippen molar-refractivity contribution in [3.63, 3.8) is 0 Å². The molecule has 3 aliphatic rings. The second-order valence-corrected chi connectivity index (χ2v) is 9.08. The number of amidine groups is 1. The summed E-state index contributed by atoms with van der Waals surface area (Å²) in [6.07, 6.45) is 1.96. The van der Waals surface area contributed by atoms with Crippen LogP contribution in [0.15, 0.2) is 39.8 Å². The maximum absolute atomic E-state index is 13.3. The van der Waals surface area contributed by atoms with Crippen molar-refractivity contribution in [2.75, 3.05) is 12.3 Å². The van der Waals surface area contributed by atoms with E-state index in [0.717, 1.165) is 11.3 Å². The van der Waals surface area contributed by atoms with Gasteiger partial charge in [-0.15, -0.1) is 4.40 Å². The SMILES string of the molecule is CC1=NN2CCS(=O)(=O)N=C2C(c2ccc(OC3CCC(F)(F)CC3)cc2)=C1. The molecule has 9 heteroatoms. The lowest BCUT2D eigenvalue weighted by Crippen LogP contribution is -2.39. The molecule has 0 unspecified atom stereocenters. The Hall–Kier alpha value is -2.29. The first-order chi connectivity index (χ1) is 13.2. The fourth-order valence-electron chi connectivity index (χ4n) is 3.56. The number of halogens is 2. The van der Waals surface area contributed by atoms with Crippen LogP contribution in [0.1, 0.15) is 38.2 Å². The summed E-state index contributed by atoms with van der Waals surface area (Å²) in [5.41, 5.74) is 2.23. The van der Waals surface area contributed by atoms with Crippen LogP contribution in [-0.2, 0) is 10.0 Å². The Morgan fingerprint density at radius 1 is 1.18 bits per heavy atom. The van der Waals surface area contributed by atoms with E-state index in [9.17, 15) is 17.2 Å². The standard InChI is InChI=1S/C19H21F2N3O3S/c1-13-12-17(18-23-28(25,26)11-10-24(18)22-13)14-2-4-15(5-3-14)27-16-6-8-19(20,21)9-7-16/h2-5,12,16H,6-11H2,1H3. The van der Waals surface area contributed by atoms with Crippen LogP contribution in [-0.4, -0.2) is 49.3 Å². The van der Waals surface area contributed by atoms with Gasteiger partial charge in [0.2, 0.25) is 5.92 Å². The summed E-state index contributed by atoms with van der Waals surface area (Å²) in [5, 5.41) is 5.95. The summed E-state index contributed by atoms with van der Waals surface area (Å²) in [7, 11) is -3.50. The highest BCUT2D eigenvalue weighted by Crippen LogP contribution is 2.35. The molecule has 0 amide bonds. The Bertz CT molecular complexity index is 959. The quantitative estimate of drug-likeness (QED) is 0.767. The number of hydrazone groups is 1. The minimum Gasteiger partial charge on any atom is -0.490 e. The molecule has 1 aromatic carbocycles. The molecular formula is C19H21F2N3O3S. The zero-order valence-electron chi connectivity index (χ0n) is 15.4. The lowest BCUT2D eigenvalue weighted by molar-refractivity contribution is -0.0582. The van der Waals surface area contributed by atoms with Crippen molar-refractivity contribution in [3.8, 4) is 5.75 Å². The van der Waals surface area contributed by atoms with E-state index in [2.05, 4.69) is 9.50 Å². The van der Waals surface area contributed by atoms with E-state index in [-0.39, 0.29) is 31.2 Å². The minimum absolute atomic E-state index is 0.0617. The first-order valence-electron chi connectivity index (χ1n) is 9.23. The normalized spacial score (nSPS) is 24.0. The Morgan fingerprint density at radius 3 is 2.54 bits per heavy atom. The van der Waals surface area contributed by atoms with Crippen LogP contribution < -0.4 is 4.74 Å². The number of hydrogen-bond acceptors (Lipinski definition) is 5. The number of benzene rings is 1. The molecule has 1 saturated carbocycles. The molecule has 0 radical (unpaired) electrons. The van der Waals surface area contributed by atoms with Gasteiger partial charge in [0, 0.05) is 18.4 Å². The molecule has 0 atom stereocenters. The average Bonchev–Trinajstić information content (AvgIpc) is 2.64. The lowest BCUT2D eigenvalue weighted by Gasteiger charge is -2.30. The maximum Gasteiger partial charge on any atom is 0.256 e. The summed E-state index contributed by atoms with van der Waals surface area (Å²) >= 11 is 0. The molecule has 0 bridgehead atoms. The molecule has 2 aliphatic heterocycles. The summed E-state index contributed by atoms with van der Waals surface area (Å²) < 4.78 is 60.1. The van der Waals surface area contributed by atoms with E-state index in [4.69, 9.17) is 4.74 Å². The topological polar surface area (TPSA) is 71.3 Å². The number of hydrogen-bond donors (Lipinski definition) is 0. The predicted octanol–water partition coefficient (Wildman–Crippen LogP) is 3.46. The number of alkyl halides is 2. The molecule has 1 aromatic rings. The largest absolute Gasteiger partial charge is 0.490 e. The van der Waals surface area contributed by atoms with Gasteiger partial charge in [0.05, 0.1) is 24.1 Å². The molecule has 1 fully saturated rings. The highest BCUT2D eigenvalue weighted by molar-refractivity contribution is 7.90. The average molecular weight is 409 g/mol. The fourth-order valence-corrected chi connectivity index (χ4v) is 4.51. The number of fused-ring (bicyclic) bond motifs is 1. The van der Waals surface area contributed by atoms with Gasteiger partial charge in [-0.25, -0.2) is 22.2 Å². The van der Waals surface area contributed by atoms with Crippen LogP contribution in [0.5, 0.6) is 5.75 Å². The van der Waals surface area contributed by atoms with Gasteiger partial charge < -0.3 is 4.74 Å². The molecule has 2 heterocycles. The van der Waals surface area contributed by atoms with Crippen molar-refractivity contribution in [1.29, 1.82) is 0 Å². The molecule has 4 rings (SSSR count). The van der Waals surface area contributed by atoms with Crippen LogP contribution >= 0.6 is 0 Å². The molecular weight excluding hydrogens is 388 g/mol. The molecule has 0 N–H and O–H groups in total. The lowest BCUT2D eigenvalue weighted by atomic mass is 9.94. The molecule has 0 aromatic heterocycles. The number of sulfonamides is 1. The summed E-state index contributed by atoms with van der Waals surface area (Å²) in [6, 6.07) is 7.18. The Labute approximate surface area is 162 Å². The van der Waals surface area contributed by atoms with Gasteiger partial charge in [-0.05, 0) is 43.5 Å². The molecule has 0 saturated heterocycles. The zero-order chi connectivity index (χ0) is 19.9. The Balaban J connectivity index is 1.53.